The highest BCUT2D eigenvalue weighted by Gasteiger charge is 2.29. The predicted molar refractivity (Wildman–Crippen MR) is 77.6 cm³/mol. The molecule has 0 bridgehead atoms. The fourth-order valence-electron chi connectivity index (χ4n) is 3.17. The van der Waals surface area contributed by atoms with Gasteiger partial charge in [0.25, 0.3) is 0 Å². The van der Waals surface area contributed by atoms with Crippen LogP contribution in [0.3, 0.4) is 0 Å². The Morgan fingerprint density at radius 2 is 2.00 bits per heavy atom. The molecule has 2 aliphatic heterocycles. The molecule has 0 saturated carbocycles. The van der Waals surface area contributed by atoms with Crippen LogP contribution in [0.15, 0.2) is 18.2 Å². The summed E-state index contributed by atoms with van der Waals surface area (Å²) in [5, 5.41) is 9.47. The van der Waals surface area contributed by atoms with Gasteiger partial charge < -0.3 is 4.90 Å². The molecular formula is C15H18ClN3. The van der Waals surface area contributed by atoms with E-state index in [1.807, 2.05) is 18.2 Å². The van der Waals surface area contributed by atoms with Crippen LogP contribution in [-0.4, -0.2) is 37.1 Å². The number of hydrogen-bond acceptors (Lipinski definition) is 3. The van der Waals surface area contributed by atoms with E-state index in [2.05, 4.69) is 15.9 Å². The van der Waals surface area contributed by atoms with Gasteiger partial charge in [0.05, 0.1) is 10.6 Å². The minimum atomic E-state index is 0.556. The molecule has 0 amide bonds. The van der Waals surface area contributed by atoms with Crippen LogP contribution >= 0.6 is 11.6 Å². The third kappa shape index (κ3) is 2.56. The van der Waals surface area contributed by atoms with E-state index in [4.69, 9.17) is 16.9 Å². The summed E-state index contributed by atoms with van der Waals surface area (Å²) in [6.45, 7) is 4.69. The van der Waals surface area contributed by atoms with Crippen LogP contribution in [-0.2, 0) is 0 Å². The van der Waals surface area contributed by atoms with Gasteiger partial charge in [-0.25, -0.2) is 0 Å². The second kappa shape index (κ2) is 5.40. The van der Waals surface area contributed by atoms with Crippen molar-refractivity contribution in [3.8, 4) is 6.07 Å². The zero-order valence-electron chi connectivity index (χ0n) is 11.0. The Kier molecular flexibility index (Phi) is 3.63. The van der Waals surface area contributed by atoms with Gasteiger partial charge in [0, 0.05) is 24.8 Å². The van der Waals surface area contributed by atoms with Gasteiger partial charge in [-0.15, -0.1) is 0 Å². The van der Waals surface area contributed by atoms with E-state index in [1.54, 1.807) is 0 Å². The van der Waals surface area contributed by atoms with E-state index < -0.39 is 0 Å². The van der Waals surface area contributed by atoms with E-state index >= 15 is 0 Å². The Labute approximate surface area is 119 Å². The van der Waals surface area contributed by atoms with Gasteiger partial charge in [0.15, 0.2) is 0 Å². The van der Waals surface area contributed by atoms with E-state index in [0.717, 1.165) is 18.8 Å². The minimum Gasteiger partial charge on any atom is -0.370 e. The van der Waals surface area contributed by atoms with Crippen molar-refractivity contribution in [3.63, 3.8) is 0 Å². The standard InChI is InChI=1S/C15H18ClN3/c16-15-9-13(4-3-12(15)10-17)19-8-5-14(11-19)18-6-1-2-7-18/h3-4,9,14H,1-2,5-8,11H2. The van der Waals surface area contributed by atoms with Gasteiger partial charge in [-0.05, 0) is 50.6 Å². The summed E-state index contributed by atoms with van der Waals surface area (Å²) in [5.74, 6) is 0. The zero-order chi connectivity index (χ0) is 13.2. The molecule has 0 spiro atoms. The molecule has 1 aromatic carbocycles. The molecule has 2 heterocycles. The first-order valence-corrected chi connectivity index (χ1v) is 7.34. The number of nitriles is 1. The molecule has 19 heavy (non-hydrogen) atoms. The fraction of sp³-hybridized carbons (Fsp3) is 0.533. The number of anilines is 1. The maximum absolute atomic E-state index is 8.91. The summed E-state index contributed by atoms with van der Waals surface area (Å²) < 4.78 is 0. The second-order valence-corrected chi connectivity index (χ2v) is 5.81. The number of hydrogen-bond donors (Lipinski definition) is 0. The first-order valence-electron chi connectivity index (χ1n) is 6.96. The van der Waals surface area contributed by atoms with Crippen molar-refractivity contribution in [1.82, 2.24) is 4.90 Å². The minimum absolute atomic E-state index is 0.556. The SMILES string of the molecule is N#Cc1ccc(N2CCC(N3CCCC3)C2)cc1Cl. The van der Waals surface area contributed by atoms with Gasteiger partial charge in [-0.2, -0.15) is 5.26 Å². The summed E-state index contributed by atoms with van der Waals surface area (Å²) in [5.41, 5.74) is 1.70. The summed E-state index contributed by atoms with van der Waals surface area (Å²) in [7, 11) is 0. The van der Waals surface area contributed by atoms with Gasteiger partial charge >= 0.3 is 0 Å². The van der Waals surface area contributed by atoms with E-state index in [9.17, 15) is 0 Å². The number of benzene rings is 1. The molecular weight excluding hydrogens is 258 g/mol. The van der Waals surface area contributed by atoms with E-state index in [1.165, 1.54) is 32.4 Å². The topological polar surface area (TPSA) is 30.3 Å². The fourth-order valence-corrected chi connectivity index (χ4v) is 3.39. The lowest BCUT2D eigenvalue weighted by Gasteiger charge is -2.24. The Hall–Kier alpha value is -1.24. The Morgan fingerprint density at radius 3 is 2.68 bits per heavy atom. The maximum atomic E-state index is 8.91. The van der Waals surface area contributed by atoms with Crippen LogP contribution in [0.1, 0.15) is 24.8 Å². The maximum Gasteiger partial charge on any atom is 0.101 e. The monoisotopic (exact) mass is 275 g/mol. The molecule has 0 radical (unpaired) electrons. The number of halogens is 1. The largest absolute Gasteiger partial charge is 0.370 e. The second-order valence-electron chi connectivity index (χ2n) is 5.41. The van der Waals surface area contributed by atoms with Gasteiger partial charge in [0.2, 0.25) is 0 Å². The molecule has 0 aromatic heterocycles. The number of likely N-dealkylation sites (tertiary alicyclic amines) is 1. The van der Waals surface area contributed by atoms with Gasteiger partial charge in [-0.1, -0.05) is 11.6 Å². The van der Waals surface area contributed by atoms with Crippen LogP contribution in [0, 0.1) is 11.3 Å². The molecule has 4 heteroatoms. The first kappa shape index (κ1) is 12.8. The van der Waals surface area contributed by atoms with Crippen LogP contribution in [0.5, 0.6) is 0 Å². The van der Waals surface area contributed by atoms with Crippen molar-refractivity contribution in [3.05, 3.63) is 28.8 Å². The van der Waals surface area contributed by atoms with Gasteiger partial charge in [0.1, 0.15) is 6.07 Å². The Balaban J connectivity index is 1.70. The zero-order valence-corrected chi connectivity index (χ0v) is 11.7. The summed E-state index contributed by atoms with van der Waals surface area (Å²) in [6, 6.07) is 8.55. The molecule has 3 nitrogen and oxygen atoms in total. The molecule has 0 aliphatic carbocycles. The Morgan fingerprint density at radius 1 is 1.21 bits per heavy atom. The summed E-state index contributed by atoms with van der Waals surface area (Å²) in [6.07, 6.45) is 3.93. The lowest BCUT2D eigenvalue weighted by molar-refractivity contribution is 0.260. The number of rotatable bonds is 2. The van der Waals surface area contributed by atoms with Crippen LogP contribution in [0.2, 0.25) is 5.02 Å². The lowest BCUT2D eigenvalue weighted by Crippen LogP contribution is -2.35. The van der Waals surface area contributed by atoms with Crippen LogP contribution in [0.4, 0.5) is 5.69 Å². The normalized spacial score (nSPS) is 23.8. The molecule has 2 fully saturated rings. The van der Waals surface area contributed by atoms with Crippen molar-refractivity contribution in [2.24, 2.45) is 0 Å². The molecule has 2 saturated heterocycles. The molecule has 100 valence electrons. The van der Waals surface area contributed by atoms with Crippen LogP contribution in [0.25, 0.3) is 0 Å². The predicted octanol–water partition coefficient (Wildman–Crippen LogP) is 2.89. The molecule has 3 rings (SSSR count). The number of nitrogens with zero attached hydrogens (tertiary/aromatic N) is 3. The molecule has 1 unspecified atom stereocenters. The Bertz CT molecular complexity index is 503. The molecule has 0 N–H and O–H groups in total. The van der Waals surface area contributed by atoms with Crippen molar-refractivity contribution < 1.29 is 0 Å². The smallest absolute Gasteiger partial charge is 0.101 e. The average Bonchev–Trinajstić information content (AvgIpc) is 3.09. The van der Waals surface area contributed by atoms with Crippen molar-refractivity contribution in [2.45, 2.75) is 25.3 Å². The van der Waals surface area contributed by atoms with Crippen molar-refractivity contribution >= 4 is 17.3 Å². The average molecular weight is 276 g/mol. The first-order chi connectivity index (χ1) is 9.28. The molecule has 1 atom stereocenters. The lowest BCUT2D eigenvalue weighted by atomic mass is 10.2. The summed E-state index contributed by atoms with van der Waals surface area (Å²) in [4.78, 5) is 5.00. The quantitative estimate of drug-likeness (QED) is 0.831. The van der Waals surface area contributed by atoms with Crippen molar-refractivity contribution in [1.29, 1.82) is 5.26 Å². The van der Waals surface area contributed by atoms with Gasteiger partial charge in [-0.3, -0.25) is 4.90 Å². The highest BCUT2D eigenvalue weighted by Crippen LogP contribution is 2.28. The molecule has 2 aliphatic rings. The van der Waals surface area contributed by atoms with E-state index in [0.29, 0.717) is 16.6 Å². The highest BCUT2D eigenvalue weighted by molar-refractivity contribution is 6.32. The van der Waals surface area contributed by atoms with E-state index in [-0.39, 0.29) is 0 Å². The third-order valence-electron chi connectivity index (χ3n) is 4.26. The molecule has 1 aromatic rings. The van der Waals surface area contributed by atoms with Crippen LogP contribution < -0.4 is 4.90 Å². The third-order valence-corrected chi connectivity index (χ3v) is 4.57. The summed E-state index contributed by atoms with van der Waals surface area (Å²) >= 11 is 6.11. The highest BCUT2D eigenvalue weighted by atomic mass is 35.5. The van der Waals surface area contributed by atoms with Crippen molar-refractivity contribution in [2.75, 3.05) is 31.1 Å².